The van der Waals surface area contributed by atoms with Gasteiger partial charge < -0.3 is 9.72 Å². The molecular weight excluding hydrogens is 408 g/mol. The van der Waals surface area contributed by atoms with Crippen LogP contribution in [0.15, 0.2) is 53.6 Å². The van der Waals surface area contributed by atoms with Crippen LogP contribution in [0.5, 0.6) is 5.75 Å². The van der Waals surface area contributed by atoms with Crippen LogP contribution in [-0.2, 0) is 9.84 Å². The van der Waals surface area contributed by atoms with Crippen molar-refractivity contribution in [3.05, 3.63) is 53.7 Å². The quantitative estimate of drug-likeness (QED) is 0.432. The molecule has 0 unspecified atom stereocenters. The minimum atomic E-state index is -3.30. The summed E-state index contributed by atoms with van der Waals surface area (Å²) in [5.41, 5.74) is 3.24. The summed E-state index contributed by atoms with van der Waals surface area (Å²) in [6.07, 6.45) is 2.49. The van der Waals surface area contributed by atoms with Crippen molar-refractivity contribution in [1.82, 2.24) is 9.97 Å². The fourth-order valence-corrected chi connectivity index (χ4v) is 4.52. The summed E-state index contributed by atoms with van der Waals surface area (Å²) in [5.74, 6) is 0.791. The molecule has 1 N–H and O–H groups in total. The molecule has 0 aliphatic carbocycles. The number of sulfone groups is 1. The van der Waals surface area contributed by atoms with Crippen molar-refractivity contribution in [2.45, 2.75) is 25.2 Å². The molecule has 29 heavy (non-hydrogen) atoms. The summed E-state index contributed by atoms with van der Waals surface area (Å²) in [4.78, 5) is 8.05. The molecule has 0 aliphatic heterocycles. The predicted octanol–water partition coefficient (Wildman–Crippen LogP) is 5.62. The van der Waals surface area contributed by atoms with Crippen molar-refractivity contribution >= 4 is 43.4 Å². The van der Waals surface area contributed by atoms with Crippen molar-refractivity contribution < 1.29 is 13.2 Å². The molecule has 0 saturated carbocycles. The average Bonchev–Trinajstić information content (AvgIpc) is 3.11. The van der Waals surface area contributed by atoms with Gasteiger partial charge in [0.2, 0.25) is 0 Å². The van der Waals surface area contributed by atoms with E-state index >= 15 is 0 Å². The van der Waals surface area contributed by atoms with Crippen LogP contribution in [0.1, 0.15) is 20.3 Å². The van der Waals surface area contributed by atoms with Crippen LogP contribution in [0.2, 0.25) is 5.02 Å². The molecule has 0 spiro atoms. The third-order valence-electron chi connectivity index (χ3n) is 4.88. The Bertz CT molecular complexity index is 1310. The zero-order valence-corrected chi connectivity index (χ0v) is 17.8. The number of aromatic amines is 1. The Hall–Kier alpha value is -2.57. The SMILES string of the molecule is CCCOc1ccc(-c2cccc(S(=O)(=O)CC)c2)c2c1[nH]c1ncc(Cl)cc12. The second kappa shape index (κ2) is 7.69. The molecule has 2 aromatic heterocycles. The van der Waals surface area contributed by atoms with Gasteiger partial charge in [-0.15, -0.1) is 0 Å². The number of fused-ring (bicyclic) bond motifs is 3. The maximum Gasteiger partial charge on any atom is 0.178 e. The predicted molar refractivity (Wildman–Crippen MR) is 118 cm³/mol. The number of hydrogen-bond acceptors (Lipinski definition) is 4. The second-order valence-electron chi connectivity index (χ2n) is 6.82. The van der Waals surface area contributed by atoms with Crippen LogP contribution in [0.25, 0.3) is 33.1 Å². The van der Waals surface area contributed by atoms with Gasteiger partial charge in [0.05, 0.1) is 27.8 Å². The number of nitrogens with zero attached hydrogens (tertiary/aromatic N) is 1. The molecule has 0 bridgehead atoms. The van der Waals surface area contributed by atoms with Crippen molar-refractivity contribution in [2.24, 2.45) is 0 Å². The standard InChI is InChI=1S/C22H21ClN2O3S/c1-3-10-28-19-9-8-17(14-6-5-7-16(11-14)29(26,27)4-2)20-18-12-15(23)13-24-22(18)25-21(19)20/h5-9,11-13H,3-4,10H2,1-2H3,(H,24,25). The van der Waals surface area contributed by atoms with Gasteiger partial charge in [-0.05, 0) is 47.9 Å². The normalized spacial score (nSPS) is 12.0. The van der Waals surface area contributed by atoms with Gasteiger partial charge in [-0.2, -0.15) is 0 Å². The first-order valence-electron chi connectivity index (χ1n) is 9.50. The lowest BCUT2D eigenvalue weighted by Crippen LogP contribution is -2.03. The third kappa shape index (κ3) is 3.58. The molecule has 7 heteroatoms. The highest BCUT2D eigenvalue weighted by Crippen LogP contribution is 2.39. The summed E-state index contributed by atoms with van der Waals surface area (Å²) in [7, 11) is -3.30. The molecule has 150 valence electrons. The Labute approximate surface area is 174 Å². The van der Waals surface area contributed by atoms with Crippen molar-refractivity contribution in [2.75, 3.05) is 12.4 Å². The fourth-order valence-electron chi connectivity index (χ4n) is 3.43. The van der Waals surface area contributed by atoms with Crippen LogP contribution < -0.4 is 4.74 Å². The lowest BCUT2D eigenvalue weighted by molar-refractivity contribution is 0.320. The Morgan fingerprint density at radius 3 is 2.72 bits per heavy atom. The number of ether oxygens (including phenoxy) is 1. The van der Waals surface area contributed by atoms with E-state index in [0.717, 1.165) is 39.6 Å². The van der Waals surface area contributed by atoms with Crippen molar-refractivity contribution in [1.29, 1.82) is 0 Å². The largest absolute Gasteiger partial charge is 0.491 e. The molecule has 0 fully saturated rings. The van der Waals surface area contributed by atoms with Gasteiger partial charge in [-0.1, -0.05) is 37.6 Å². The molecule has 0 amide bonds. The van der Waals surface area contributed by atoms with Gasteiger partial charge in [-0.3, -0.25) is 0 Å². The minimum Gasteiger partial charge on any atom is -0.491 e. The Balaban J connectivity index is 2.02. The van der Waals surface area contributed by atoms with Crippen LogP contribution in [-0.4, -0.2) is 30.7 Å². The van der Waals surface area contributed by atoms with E-state index in [1.807, 2.05) is 24.3 Å². The fraction of sp³-hybridized carbons (Fsp3) is 0.227. The van der Waals surface area contributed by atoms with E-state index in [1.165, 1.54) is 0 Å². The topological polar surface area (TPSA) is 72.1 Å². The number of aromatic nitrogens is 2. The number of nitrogens with one attached hydrogen (secondary N) is 1. The van der Waals surface area contributed by atoms with Crippen LogP contribution in [0.3, 0.4) is 0 Å². The summed E-state index contributed by atoms with van der Waals surface area (Å²) < 4.78 is 30.7. The number of rotatable bonds is 6. The first-order valence-corrected chi connectivity index (χ1v) is 11.5. The molecule has 0 radical (unpaired) electrons. The zero-order chi connectivity index (χ0) is 20.6. The summed E-state index contributed by atoms with van der Waals surface area (Å²) in [5, 5.41) is 2.31. The van der Waals surface area contributed by atoms with Crippen LogP contribution in [0, 0.1) is 0 Å². The highest BCUT2D eigenvalue weighted by molar-refractivity contribution is 7.91. The van der Waals surface area contributed by atoms with E-state index in [-0.39, 0.29) is 5.75 Å². The molecular formula is C22H21ClN2O3S. The Morgan fingerprint density at radius 1 is 1.14 bits per heavy atom. The molecule has 4 aromatic rings. The number of H-pyrrole nitrogens is 1. The smallest absolute Gasteiger partial charge is 0.178 e. The van der Waals surface area contributed by atoms with Gasteiger partial charge in [0, 0.05) is 17.0 Å². The van der Waals surface area contributed by atoms with Gasteiger partial charge in [0.15, 0.2) is 9.84 Å². The first kappa shape index (κ1) is 19.7. The maximum atomic E-state index is 12.4. The monoisotopic (exact) mass is 428 g/mol. The van der Waals surface area contributed by atoms with E-state index in [9.17, 15) is 8.42 Å². The number of pyridine rings is 1. The van der Waals surface area contributed by atoms with Gasteiger partial charge in [0.25, 0.3) is 0 Å². The Kier molecular flexibility index (Phi) is 5.23. The summed E-state index contributed by atoms with van der Waals surface area (Å²) >= 11 is 6.21. The lowest BCUT2D eigenvalue weighted by Gasteiger charge is -2.11. The Morgan fingerprint density at radius 2 is 1.97 bits per heavy atom. The van der Waals surface area contributed by atoms with Gasteiger partial charge in [0.1, 0.15) is 11.4 Å². The van der Waals surface area contributed by atoms with E-state index in [0.29, 0.717) is 22.2 Å². The van der Waals surface area contributed by atoms with Crippen molar-refractivity contribution in [3.63, 3.8) is 0 Å². The average molecular weight is 429 g/mol. The van der Waals surface area contributed by atoms with E-state index in [2.05, 4.69) is 16.9 Å². The highest BCUT2D eigenvalue weighted by atomic mass is 35.5. The number of halogens is 1. The van der Waals surface area contributed by atoms with Gasteiger partial charge >= 0.3 is 0 Å². The second-order valence-corrected chi connectivity index (χ2v) is 9.53. The zero-order valence-electron chi connectivity index (χ0n) is 16.2. The number of hydrogen-bond donors (Lipinski definition) is 1. The van der Waals surface area contributed by atoms with Crippen LogP contribution in [0.4, 0.5) is 0 Å². The minimum absolute atomic E-state index is 0.0578. The summed E-state index contributed by atoms with van der Waals surface area (Å²) in [6, 6.07) is 12.8. The van der Waals surface area contributed by atoms with E-state index < -0.39 is 9.84 Å². The molecule has 2 aromatic carbocycles. The summed E-state index contributed by atoms with van der Waals surface area (Å²) in [6.45, 7) is 4.30. The van der Waals surface area contributed by atoms with Gasteiger partial charge in [-0.25, -0.2) is 13.4 Å². The van der Waals surface area contributed by atoms with E-state index in [4.69, 9.17) is 16.3 Å². The van der Waals surface area contributed by atoms with Crippen LogP contribution >= 0.6 is 11.6 Å². The third-order valence-corrected chi connectivity index (χ3v) is 6.82. The lowest BCUT2D eigenvalue weighted by atomic mass is 9.99. The molecule has 2 heterocycles. The molecule has 4 rings (SSSR count). The molecule has 0 atom stereocenters. The molecule has 0 aliphatic rings. The molecule has 0 saturated heterocycles. The van der Waals surface area contributed by atoms with E-state index in [1.54, 1.807) is 31.3 Å². The maximum absolute atomic E-state index is 12.4. The van der Waals surface area contributed by atoms with Crippen molar-refractivity contribution in [3.8, 4) is 16.9 Å². The molecule has 5 nitrogen and oxygen atoms in total. The first-order chi connectivity index (χ1) is 13.9. The highest BCUT2D eigenvalue weighted by Gasteiger charge is 2.18. The number of benzene rings is 2.